The van der Waals surface area contributed by atoms with Crippen LogP contribution in [-0.2, 0) is 14.0 Å². The van der Waals surface area contributed by atoms with Gasteiger partial charge in [-0.2, -0.15) is 0 Å². The number of carbonyl (C=O) groups is 1. The summed E-state index contributed by atoms with van der Waals surface area (Å²) in [6.45, 7) is 17.1. The molecule has 21 heavy (non-hydrogen) atoms. The Kier molecular flexibility index (Phi) is 7.60. The standard InChI is InChI=1S/C16H35NO3Si/c1-11(2)21(12(3)4,13(5)6)20-15(19-10)16(7,8)14(18)17-9/h11-13,15H,1-10H3,(H,17,18). The minimum atomic E-state index is -2.09. The summed E-state index contributed by atoms with van der Waals surface area (Å²) in [6, 6.07) is 0. The zero-order valence-corrected chi connectivity index (χ0v) is 16.5. The fourth-order valence-electron chi connectivity index (χ4n) is 3.51. The Morgan fingerprint density at radius 3 is 1.62 bits per heavy atom. The summed E-state index contributed by atoms with van der Waals surface area (Å²) >= 11 is 0. The van der Waals surface area contributed by atoms with Crippen LogP contribution < -0.4 is 5.32 Å². The van der Waals surface area contributed by atoms with Gasteiger partial charge in [-0.05, 0) is 30.5 Å². The van der Waals surface area contributed by atoms with Crippen LogP contribution in [0, 0.1) is 5.41 Å². The minimum absolute atomic E-state index is 0.0616. The Bertz CT molecular complexity index is 319. The van der Waals surface area contributed by atoms with E-state index in [0.29, 0.717) is 16.6 Å². The Balaban J connectivity index is 5.64. The highest BCUT2D eigenvalue weighted by atomic mass is 28.4. The highest BCUT2D eigenvalue weighted by molar-refractivity contribution is 6.77. The Labute approximate surface area is 132 Å². The van der Waals surface area contributed by atoms with Gasteiger partial charge in [-0.15, -0.1) is 0 Å². The molecule has 0 aromatic carbocycles. The second kappa shape index (κ2) is 7.74. The van der Waals surface area contributed by atoms with Gasteiger partial charge in [-0.25, -0.2) is 0 Å². The van der Waals surface area contributed by atoms with E-state index >= 15 is 0 Å². The molecule has 4 nitrogen and oxygen atoms in total. The molecule has 0 fully saturated rings. The molecule has 1 amide bonds. The molecular weight excluding hydrogens is 282 g/mol. The van der Waals surface area contributed by atoms with Crippen molar-refractivity contribution in [2.45, 2.75) is 78.3 Å². The normalized spacial score (nSPS) is 14.9. The number of hydrogen-bond acceptors (Lipinski definition) is 3. The first-order valence-electron chi connectivity index (χ1n) is 7.91. The fraction of sp³-hybridized carbons (Fsp3) is 0.938. The van der Waals surface area contributed by atoms with Gasteiger partial charge in [0.05, 0.1) is 5.41 Å². The van der Waals surface area contributed by atoms with Crippen LogP contribution in [0.4, 0.5) is 0 Å². The van der Waals surface area contributed by atoms with Crippen LogP contribution >= 0.6 is 0 Å². The van der Waals surface area contributed by atoms with E-state index in [1.807, 2.05) is 13.8 Å². The number of amides is 1. The van der Waals surface area contributed by atoms with Crippen molar-refractivity contribution in [3.05, 3.63) is 0 Å². The molecule has 0 spiro atoms. The highest BCUT2D eigenvalue weighted by Crippen LogP contribution is 2.44. The first-order valence-corrected chi connectivity index (χ1v) is 10.0. The molecule has 126 valence electrons. The molecule has 0 rings (SSSR count). The van der Waals surface area contributed by atoms with E-state index in [1.54, 1.807) is 14.2 Å². The van der Waals surface area contributed by atoms with E-state index in [0.717, 1.165) is 0 Å². The monoisotopic (exact) mass is 317 g/mol. The van der Waals surface area contributed by atoms with Gasteiger partial charge in [0.2, 0.25) is 14.2 Å². The molecule has 0 aliphatic carbocycles. The van der Waals surface area contributed by atoms with Crippen LogP contribution in [0.25, 0.3) is 0 Å². The van der Waals surface area contributed by atoms with E-state index in [4.69, 9.17) is 9.16 Å². The smallest absolute Gasteiger partial charge is 0.230 e. The van der Waals surface area contributed by atoms with Crippen LogP contribution in [0.15, 0.2) is 0 Å². The molecule has 0 saturated carbocycles. The summed E-state index contributed by atoms with van der Waals surface area (Å²) in [7, 11) is 1.18. The van der Waals surface area contributed by atoms with Crippen LogP contribution in [0.3, 0.4) is 0 Å². The van der Waals surface area contributed by atoms with Crippen LogP contribution in [0.2, 0.25) is 16.6 Å². The second-order valence-electron chi connectivity index (χ2n) is 7.30. The summed E-state index contributed by atoms with van der Waals surface area (Å²) in [5.41, 5.74) is 0.641. The van der Waals surface area contributed by atoms with Crippen molar-refractivity contribution in [3.8, 4) is 0 Å². The average Bonchev–Trinajstić information content (AvgIpc) is 2.37. The Morgan fingerprint density at radius 1 is 1.00 bits per heavy atom. The van der Waals surface area contributed by atoms with Crippen LogP contribution in [0.5, 0.6) is 0 Å². The predicted molar refractivity (Wildman–Crippen MR) is 90.8 cm³/mol. The average molecular weight is 318 g/mol. The first kappa shape index (κ1) is 20.6. The molecule has 0 aromatic heterocycles. The van der Waals surface area contributed by atoms with E-state index in [2.05, 4.69) is 46.9 Å². The lowest BCUT2D eigenvalue weighted by molar-refractivity contribution is -0.163. The minimum Gasteiger partial charge on any atom is -0.391 e. The highest BCUT2D eigenvalue weighted by Gasteiger charge is 2.50. The third-order valence-electron chi connectivity index (χ3n) is 4.63. The predicted octanol–water partition coefficient (Wildman–Crippen LogP) is 3.92. The largest absolute Gasteiger partial charge is 0.391 e. The topological polar surface area (TPSA) is 47.6 Å². The maximum Gasteiger partial charge on any atom is 0.230 e. The molecular formula is C16H35NO3Si. The van der Waals surface area contributed by atoms with Crippen LogP contribution in [-0.4, -0.2) is 34.7 Å². The molecule has 1 unspecified atom stereocenters. The maximum absolute atomic E-state index is 12.2. The van der Waals surface area contributed by atoms with Crippen molar-refractivity contribution in [1.29, 1.82) is 0 Å². The van der Waals surface area contributed by atoms with Gasteiger partial charge in [-0.1, -0.05) is 41.5 Å². The number of carbonyl (C=O) groups excluding carboxylic acids is 1. The molecule has 0 radical (unpaired) electrons. The maximum atomic E-state index is 12.2. The molecule has 0 aliphatic heterocycles. The van der Waals surface area contributed by atoms with E-state index < -0.39 is 20.0 Å². The molecule has 5 heteroatoms. The number of nitrogens with one attached hydrogen (secondary N) is 1. The third-order valence-corrected chi connectivity index (χ3v) is 10.7. The van der Waals surface area contributed by atoms with E-state index in [1.165, 1.54) is 0 Å². The molecule has 0 bridgehead atoms. The fourth-order valence-corrected chi connectivity index (χ4v) is 9.09. The van der Waals surface area contributed by atoms with Crippen molar-refractivity contribution in [2.75, 3.05) is 14.2 Å². The zero-order chi connectivity index (χ0) is 17.0. The van der Waals surface area contributed by atoms with Gasteiger partial charge in [-0.3, -0.25) is 4.79 Å². The van der Waals surface area contributed by atoms with Crippen LogP contribution in [0.1, 0.15) is 55.4 Å². The van der Waals surface area contributed by atoms with Gasteiger partial charge in [0.15, 0.2) is 6.29 Å². The van der Waals surface area contributed by atoms with Gasteiger partial charge in [0, 0.05) is 14.2 Å². The summed E-state index contributed by atoms with van der Waals surface area (Å²) < 4.78 is 12.2. The summed E-state index contributed by atoms with van der Waals surface area (Å²) in [6.07, 6.45) is -0.531. The second-order valence-corrected chi connectivity index (χ2v) is 12.7. The van der Waals surface area contributed by atoms with E-state index in [-0.39, 0.29) is 5.91 Å². The van der Waals surface area contributed by atoms with Crippen molar-refractivity contribution in [1.82, 2.24) is 5.32 Å². The lowest BCUT2D eigenvalue weighted by atomic mass is 9.91. The Hall–Kier alpha value is -0.393. The number of rotatable bonds is 8. The molecule has 0 aromatic rings. The number of methoxy groups -OCH3 is 1. The number of ether oxygens (including phenoxy) is 1. The molecule has 1 atom stereocenters. The van der Waals surface area contributed by atoms with Gasteiger partial charge < -0.3 is 14.5 Å². The molecule has 1 N–H and O–H groups in total. The van der Waals surface area contributed by atoms with Crippen molar-refractivity contribution in [2.24, 2.45) is 5.41 Å². The van der Waals surface area contributed by atoms with Gasteiger partial charge in [0.25, 0.3) is 0 Å². The first-order chi connectivity index (χ1) is 9.48. The summed E-state index contributed by atoms with van der Waals surface area (Å²) in [5.74, 6) is -0.0616. The van der Waals surface area contributed by atoms with Crippen molar-refractivity contribution < 1.29 is 14.0 Å². The quantitative estimate of drug-likeness (QED) is 0.545. The van der Waals surface area contributed by atoms with Gasteiger partial charge >= 0.3 is 0 Å². The van der Waals surface area contributed by atoms with Crippen molar-refractivity contribution >= 4 is 14.2 Å². The van der Waals surface area contributed by atoms with Gasteiger partial charge in [0.1, 0.15) is 0 Å². The summed E-state index contributed by atoms with van der Waals surface area (Å²) in [5, 5.41) is 2.71. The molecule has 0 aliphatic rings. The van der Waals surface area contributed by atoms with E-state index in [9.17, 15) is 4.79 Å². The zero-order valence-electron chi connectivity index (χ0n) is 15.5. The lowest BCUT2D eigenvalue weighted by Crippen LogP contribution is -2.56. The summed E-state index contributed by atoms with van der Waals surface area (Å²) in [4.78, 5) is 12.2. The third kappa shape index (κ3) is 4.08. The SMILES string of the molecule is CNC(=O)C(C)(C)C(OC)O[Si](C(C)C)(C(C)C)C(C)C. The Morgan fingerprint density at radius 2 is 1.38 bits per heavy atom. The molecule has 0 saturated heterocycles. The van der Waals surface area contributed by atoms with Crippen molar-refractivity contribution in [3.63, 3.8) is 0 Å². The number of hydrogen-bond donors (Lipinski definition) is 1. The molecule has 0 heterocycles. The lowest BCUT2D eigenvalue weighted by Gasteiger charge is -2.46.